The predicted molar refractivity (Wildman–Crippen MR) is 33.4 cm³/mol. The van der Waals surface area contributed by atoms with Crippen LogP contribution >= 0.6 is 11.6 Å². The second-order valence-electron chi connectivity index (χ2n) is 1.50. The van der Waals surface area contributed by atoms with Crippen LogP contribution in [0.3, 0.4) is 0 Å². The summed E-state index contributed by atoms with van der Waals surface area (Å²) >= 11 is 5.40. The van der Waals surface area contributed by atoms with Crippen molar-refractivity contribution in [1.29, 1.82) is 0 Å². The number of ether oxygens (including phenoxy) is 1. The van der Waals surface area contributed by atoms with Gasteiger partial charge in [0.2, 0.25) is 0 Å². The number of halogens is 1. The maximum absolute atomic E-state index is 10.4. The Balaban J connectivity index is 3.45. The smallest absolute Gasteiger partial charge is 0.323 e. The molecule has 0 saturated heterocycles. The molecule has 0 bridgehead atoms. The molecule has 0 aliphatic carbocycles. The molecule has 4 heteroatoms. The fraction of sp³-hybridized carbons (Fsp3) is 0.800. The number of rotatable bonds is 3. The van der Waals surface area contributed by atoms with Gasteiger partial charge in [0.25, 0.3) is 0 Å². The minimum atomic E-state index is -0.708. The molecule has 0 amide bonds. The van der Waals surface area contributed by atoms with E-state index in [1.165, 1.54) is 7.11 Å². The number of hydrogen-bond acceptors (Lipinski definition) is 3. The van der Waals surface area contributed by atoms with Gasteiger partial charge in [0.1, 0.15) is 5.38 Å². The molecule has 0 fully saturated rings. The average molecular weight is 153 g/mol. The van der Waals surface area contributed by atoms with Gasteiger partial charge in [-0.25, -0.2) is 0 Å². The van der Waals surface area contributed by atoms with Gasteiger partial charge in [-0.05, 0) is 6.42 Å². The largest absolute Gasteiger partial charge is 0.468 e. The molecule has 0 heterocycles. The third-order valence-electron chi connectivity index (χ3n) is 0.839. The quantitative estimate of drug-likeness (QED) is 0.463. The Bertz CT molecular complexity index is 94.2. The lowest BCUT2D eigenvalue weighted by Gasteiger charge is -2.02. The Labute approximate surface area is 58.6 Å². The zero-order valence-corrected chi connectivity index (χ0v) is 5.89. The lowest BCUT2D eigenvalue weighted by Crippen LogP contribution is -2.17. The number of alkyl halides is 1. The molecule has 0 spiro atoms. The van der Waals surface area contributed by atoms with E-state index in [0.29, 0.717) is 0 Å². The zero-order valence-electron chi connectivity index (χ0n) is 5.13. The van der Waals surface area contributed by atoms with Gasteiger partial charge in [0.15, 0.2) is 0 Å². The van der Waals surface area contributed by atoms with Gasteiger partial charge < -0.3 is 9.84 Å². The van der Waals surface area contributed by atoms with Crippen molar-refractivity contribution in [3.8, 4) is 0 Å². The van der Waals surface area contributed by atoms with E-state index >= 15 is 0 Å². The third kappa shape index (κ3) is 3.32. The number of aliphatic hydroxyl groups excluding tert-OH is 1. The second kappa shape index (κ2) is 4.58. The van der Waals surface area contributed by atoms with Gasteiger partial charge in [-0.3, -0.25) is 4.79 Å². The first-order valence-corrected chi connectivity index (χ1v) is 2.98. The van der Waals surface area contributed by atoms with Crippen molar-refractivity contribution in [1.82, 2.24) is 0 Å². The minimum absolute atomic E-state index is 0.0940. The molecule has 1 atom stereocenters. The van der Waals surface area contributed by atoms with Crippen molar-refractivity contribution < 1.29 is 14.6 Å². The summed E-state index contributed by atoms with van der Waals surface area (Å²) in [6.45, 7) is -0.0940. The normalized spacial score (nSPS) is 12.8. The van der Waals surface area contributed by atoms with Gasteiger partial charge >= 0.3 is 5.97 Å². The number of carbonyl (C=O) groups is 1. The van der Waals surface area contributed by atoms with E-state index in [4.69, 9.17) is 16.7 Å². The lowest BCUT2D eigenvalue weighted by atomic mass is 10.3. The summed E-state index contributed by atoms with van der Waals surface area (Å²) in [6, 6.07) is 0. The third-order valence-corrected chi connectivity index (χ3v) is 1.24. The van der Waals surface area contributed by atoms with Gasteiger partial charge in [0.05, 0.1) is 7.11 Å². The van der Waals surface area contributed by atoms with Crippen LogP contribution in [0.1, 0.15) is 6.42 Å². The van der Waals surface area contributed by atoms with E-state index in [9.17, 15) is 4.79 Å². The van der Waals surface area contributed by atoms with Crippen molar-refractivity contribution >= 4 is 17.6 Å². The van der Waals surface area contributed by atoms with Crippen LogP contribution in [0.2, 0.25) is 0 Å². The van der Waals surface area contributed by atoms with E-state index < -0.39 is 11.3 Å². The first-order valence-electron chi connectivity index (χ1n) is 2.55. The van der Waals surface area contributed by atoms with Crippen molar-refractivity contribution in [2.45, 2.75) is 11.8 Å². The van der Waals surface area contributed by atoms with Gasteiger partial charge in [-0.1, -0.05) is 0 Å². The standard InChI is InChI=1S/C5H9ClO3/c1-9-5(8)4(6)2-3-7/h4,7H,2-3H2,1H3. The summed E-state index contributed by atoms with van der Waals surface area (Å²) in [4.78, 5) is 10.4. The first-order chi connectivity index (χ1) is 4.22. The molecule has 1 unspecified atom stereocenters. The molecule has 1 N–H and O–H groups in total. The fourth-order valence-electron chi connectivity index (χ4n) is 0.359. The average Bonchev–Trinajstić information content (AvgIpc) is 1.87. The topological polar surface area (TPSA) is 46.5 Å². The van der Waals surface area contributed by atoms with Crippen LogP contribution in [0, 0.1) is 0 Å². The highest BCUT2D eigenvalue weighted by atomic mass is 35.5. The summed E-state index contributed by atoms with van der Waals surface area (Å²) in [5.74, 6) is -0.495. The minimum Gasteiger partial charge on any atom is -0.468 e. The van der Waals surface area contributed by atoms with Crippen LogP contribution in [0.25, 0.3) is 0 Å². The molecule has 0 aromatic carbocycles. The number of hydrogen-bond donors (Lipinski definition) is 1. The fourth-order valence-corrected chi connectivity index (χ4v) is 0.546. The number of aliphatic hydroxyl groups is 1. The van der Waals surface area contributed by atoms with Crippen LogP contribution in [-0.2, 0) is 9.53 Å². The van der Waals surface area contributed by atoms with Gasteiger partial charge in [-0.15, -0.1) is 11.6 Å². The van der Waals surface area contributed by atoms with Crippen LogP contribution in [0.15, 0.2) is 0 Å². The summed E-state index contributed by atoms with van der Waals surface area (Å²) in [7, 11) is 1.26. The number of methoxy groups -OCH3 is 1. The van der Waals surface area contributed by atoms with Gasteiger partial charge in [0, 0.05) is 6.61 Å². The van der Waals surface area contributed by atoms with E-state index in [1.54, 1.807) is 0 Å². The first kappa shape index (κ1) is 8.72. The Morgan fingerprint density at radius 2 is 2.44 bits per heavy atom. The molecule has 0 aromatic rings. The maximum atomic E-state index is 10.4. The van der Waals surface area contributed by atoms with E-state index in [1.807, 2.05) is 0 Å². The van der Waals surface area contributed by atoms with Crippen LogP contribution in [-0.4, -0.2) is 30.2 Å². The van der Waals surface area contributed by atoms with E-state index in [-0.39, 0.29) is 13.0 Å². The van der Waals surface area contributed by atoms with Crippen molar-refractivity contribution in [3.63, 3.8) is 0 Å². The predicted octanol–water partition coefficient (Wildman–Crippen LogP) is 0.149. The molecule has 0 saturated carbocycles. The molecule has 54 valence electrons. The molecular formula is C5H9ClO3. The highest BCUT2D eigenvalue weighted by molar-refractivity contribution is 6.29. The van der Waals surface area contributed by atoms with Crippen molar-refractivity contribution in [2.75, 3.05) is 13.7 Å². The zero-order chi connectivity index (χ0) is 7.28. The highest BCUT2D eigenvalue weighted by Crippen LogP contribution is 2.01. The summed E-state index contributed by atoms with van der Waals surface area (Å²) in [5, 5.41) is 7.58. The van der Waals surface area contributed by atoms with Crippen molar-refractivity contribution in [3.05, 3.63) is 0 Å². The van der Waals surface area contributed by atoms with Crippen molar-refractivity contribution in [2.24, 2.45) is 0 Å². The maximum Gasteiger partial charge on any atom is 0.323 e. The Morgan fingerprint density at radius 1 is 1.89 bits per heavy atom. The molecule has 0 aliphatic rings. The summed E-state index contributed by atoms with van der Waals surface area (Å²) in [6.07, 6.45) is 0.244. The van der Waals surface area contributed by atoms with Crippen LogP contribution in [0.4, 0.5) is 0 Å². The summed E-state index contributed by atoms with van der Waals surface area (Å²) < 4.78 is 4.28. The van der Waals surface area contributed by atoms with E-state index in [2.05, 4.69) is 4.74 Å². The number of esters is 1. The molecule has 0 rings (SSSR count). The Morgan fingerprint density at radius 3 is 2.78 bits per heavy atom. The molecule has 3 nitrogen and oxygen atoms in total. The Hall–Kier alpha value is -0.280. The number of carbonyl (C=O) groups excluding carboxylic acids is 1. The monoisotopic (exact) mass is 152 g/mol. The second-order valence-corrected chi connectivity index (χ2v) is 2.03. The molecule has 0 radical (unpaired) electrons. The molecule has 9 heavy (non-hydrogen) atoms. The van der Waals surface area contributed by atoms with E-state index in [0.717, 1.165) is 0 Å². The van der Waals surface area contributed by atoms with Crippen LogP contribution < -0.4 is 0 Å². The molecular weight excluding hydrogens is 144 g/mol. The van der Waals surface area contributed by atoms with Gasteiger partial charge in [-0.2, -0.15) is 0 Å². The molecule has 0 aliphatic heterocycles. The van der Waals surface area contributed by atoms with Crippen LogP contribution in [0.5, 0.6) is 0 Å². The lowest BCUT2D eigenvalue weighted by molar-refractivity contribution is -0.140. The highest BCUT2D eigenvalue weighted by Gasteiger charge is 2.13. The summed E-state index contributed by atoms with van der Waals surface area (Å²) in [5.41, 5.74) is 0. The SMILES string of the molecule is COC(=O)C(Cl)CCO. The molecule has 0 aromatic heterocycles. The Kier molecular flexibility index (Phi) is 4.44.